The highest BCUT2D eigenvalue weighted by Gasteiger charge is 1.92. The fourth-order valence-corrected chi connectivity index (χ4v) is 0.867. The summed E-state index contributed by atoms with van der Waals surface area (Å²) in [6, 6.07) is 0. The van der Waals surface area contributed by atoms with E-state index in [4.69, 9.17) is 0 Å². The molecule has 0 radical (unpaired) electrons. The second-order valence-corrected chi connectivity index (χ2v) is 3.62. The first-order valence-electron chi connectivity index (χ1n) is 4.16. The Kier molecular flexibility index (Phi) is 7.65. The van der Waals surface area contributed by atoms with Gasteiger partial charge in [0.05, 0.1) is 0 Å². The molecule has 0 aromatic heterocycles. The topological polar surface area (TPSA) is 12.0 Å². The number of hydrogen-bond acceptors (Lipinski definition) is 2. The molecule has 0 bridgehead atoms. The molecule has 0 saturated heterocycles. The summed E-state index contributed by atoms with van der Waals surface area (Å²) in [4.78, 5) is 0. The average Bonchev–Trinajstić information content (AvgIpc) is 1.87. The van der Waals surface area contributed by atoms with Crippen molar-refractivity contribution in [2.75, 3.05) is 13.1 Å². The first-order chi connectivity index (χ1) is 4.77. The van der Waals surface area contributed by atoms with E-state index >= 15 is 0 Å². The Hall–Kier alpha value is 0.310. The highest BCUT2D eigenvalue weighted by molar-refractivity contribution is 7.80. The van der Waals surface area contributed by atoms with Crippen molar-refractivity contribution < 1.29 is 0 Å². The Morgan fingerprint density at radius 3 is 2.60 bits per heavy atom. The van der Waals surface area contributed by atoms with Gasteiger partial charge in [-0.15, -0.1) is 0 Å². The monoisotopic (exact) mass is 161 g/mol. The minimum Gasteiger partial charge on any atom is -0.317 e. The van der Waals surface area contributed by atoms with Crippen molar-refractivity contribution in [2.24, 2.45) is 0 Å². The van der Waals surface area contributed by atoms with Crippen LogP contribution in [0.3, 0.4) is 0 Å². The Morgan fingerprint density at radius 1 is 1.40 bits per heavy atom. The normalized spacial score (nSPS) is 13.5. The first-order valence-corrected chi connectivity index (χ1v) is 4.67. The Labute approximate surface area is 70.0 Å². The van der Waals surface area contributed by atoms with Crippen molar-refractivity contribution in [3.8, 4) is 0 Å². The van der Waals surface area contributed by atoms with Gasteiger partial charge in [0.15, 0.2) is 0 Å². The van der Waals surface area contributed by atoms with E-state index in [2.05, 4.69) is 31.8 Å². The lowest BCUT2D eigenvalue weighted by molar-refractivity contribution is 0.616. The van der Waals surface area contributed by atoms with Gasteiger partial charge in [0, 0.05) is 5.25 Å². The third-order valence-corrected chi connectivity index (χ3v) is 1.70. The van der Waals surface area contributed by atoms with Gasteiger partial charge in [0.1, 0.15) is 0 Å². The molecule has 1 N–H and O–H groups in total. The van der Waals surface area contributed by atoms with Gasteiger partial charge in [-0.3, -0.25) is 0 Å². The average molecular weight is 161 g/mol. The maximum Gasteiger partial charge on any atom is 0.0000480 e. The molecule has 0 fully saturated rings. The summed E-state index contributed by atoms with van der Waals surface area (Å²) in [5, 5.41) is 3.90. The fraction of sp³-hybridized carbons (Fsp3) is 1.00. The van der Waals surface area contributed by atoms with Crippen molar-refractivity contribution in [1.29, 1.82) is 0 Å². The molecule has 62 valence electrons. The third-order valence-electron chi connectivity index (χ3n) is 1.45. The summed E-state index contributed by atoms with van der Waals surface area (Å²) in [5.41, 5.74) is 0. The summed E-state index contributed by atoms with van der Waals surface area (Å²) in [6.45, 7) is 6.62. The standard InChI is InChI=1S/C8H19NS/c1-3-4-6-9-7-5-8(2)10/h8-10H,3-7H2,1-2H3. The van der Waals surface area contributed by atoms with E-state index in [1.54, 1.807) is 0 Å². The van der Waals surface area contributed by atoms with Crippen molar-refractivity contribution >= 4 is 12.6 Å². The quantitative estimate of drug-likeness (QED) is 0.449. The lowest BCUT2D eigenvalue weighted by Gasteiger charge is -2.04. The van der Waals surface area contributed by atoms with E-state index in [0.29, 0.717) is 5.25 Å². The Balaban J connectivity index is 2.77. The second-order valence-electron chi connectivity index (χ2n) is 2.74. The SMILES string of the molecule is CCCCNCCC(C)S. The number of nitrogens with one attached hydrogen (secondary N) is 1. The van der Waals surface area contributed by atoms with Crippen molar-refractivity contribution in [1.82, 2.24) is 5.32 Å². The highest BCUT2D eigenvalue weighted by atomic mass is 32.1. The first kappa shape index (κ1) is 10.3. The van der Waals surface area contributed by atoms with Crippen LogP contribution in [-0.2, 0) is 0 Å². The van der Waals surface area contributed by atoms with Crippen LogP contribution >= 0.6 is 12.6 Å². The molecule has 0 aliphatic rings. The number of hydrogen-bond donors (Lipinski definition) is 2. The minimum absolute atomic E-state index is 0.536. The molecular weight excluding hydrogens is 142 g/mol. The van der Waals surface area contributed by atoms with Gasteiger partial charge in [0.25, 0.3) is 0 Å². The van der Waals surface area contributed by atoms with Gasteiger partial charge in [-0.05, 0) is 25.9 Å². The lowest BCUT2D eigenvalue weighted by atomic mass is 10.3. The molecule has 2 heteroatoms. The summed E-state index contributed by atoms with van der Waals surface area (Å²) in [6.07, 6.45) is 3.75. The molecular formula is C8H19NS. The van der Waals surface area contributed by atoms with Crippen LogP contribution in [0.4, 0.5) is 0 Å². The van der Waals surface area contributed by atoms with Gasteiger partial charge < -0.3 is 5.32 Å². The van der Waals surface area contributed by atoms with Crippen LogP contribution in [-0.4, -0.2) is 18.3 Å². The zero-order valence-corrected chi connectivity index (χ0v) is 7.95. The lowest BCUT2D eigenvalue weighted by Crippen LogP contribution is -2.18. The molecule has 0 rings (SSSR count). The summed E-state index contributed by atoms with van der Waals surface area (Å²) in [5.74, 6) is 0. The molecule has 0 spiro atoms. The van der Waals surface area contributed by atoms with Crippen LogP contribution in [0.25, 0.3) is 0 Å². The van der Waals surface area contributed by atoms with E-state index < -0.39 is 0 Å². The zero-order valence-electron chi connectivity index (χ0n) is 7.06. The Bertz CT molecular complexity index is 64.3. The van der Waals surface area contributed by atoms with Gasteiger partial charge in [-0.2, -0.15) is 12.6 Å². The van der Waals surface area contributed by atoms with Crippen molar-refractivity contribution in [3.63, 3.8) is 0 Å². The maximum absolute atomic E-state index is 4.28. The molecule has 0 aliphatic carbocycles. The highest BCUT2D eigenvalue weighted by Crippen LogP contribution is 1.96. The van der Waals surface area contributed by atoms with Crippen LogP contribution < -0.4 is 5.32 Å². The molecule has 0 aromatic rings. The Morgan fingerprint density at radius 2 is 2.10 bits per heavy atom. The molecule has 1 unspecified atom stereocenters. The number of rotatable bonds is 6. The molecule has 10 heavy (non-hydrogen) atoms. The second kappa shape index (κ2) is 7.42. The van der Waals surface area contributed by atoms with E-state index in [0.717, 1.165) is 13.1 Å². The molecule has 0 aromatic carbocycles. The molecule has 0 amide bonds. The molecule has 1 atom stereocenters. The smallest absolute Gasteiger partial charge is 0.0000480 e. The summed E-state index contributed by atoms with van der Waals surface area (Å²) >= 11 is 4.28. The van der Waals surface area contributed by atoms with Gasteiger partial charge in [-0.25, -0.2) is 0 Å². The van der Waals surface area contributed by atoms with Gasteiger partial charge in [0.2, 0.25) is 0 Å². The van der Waals surface area contributed by atoms with E-state index in [1.807, 2.05) is 0 Å². The van der Waals surface area contributed by atoms with Gasteiger partial charge >= 0.3 is 0 Å². The molecule has 0 saturated carbocycles. The molecule has 0 aliphatic heterocycles. The largest absolute Gasteiger partial charge is 0.317 e. The van der Waals surface area contributed by atoms with E-state index in [1.165, 1.54) is 19.3 Å². The van der Waals surface area contributed by atoms with E-state index in [-0.39, 0.29) is 0 Å². The molecule has 1 nitrogen and oxygen atoms in total. The zero-order chi connectivity index (χ0) is 7.82. The minimum atomic E-state index is 0.536. The maximum atomic E-state index is 4.28. The van der Waals surface area contributed by atoms with Crippen LogP contribution in [0, 0.1) is 0 Å². The van der Waals surface area contributed by atoms with Crippen molar-refractivity contribution in [3.05, 3.63) is 0 Å². The molecule has 0 heterocycles. The van der Waals surface area contributed by atoms with Gasteiger partial charge in [-0.1, -0.05) is 20.3 Å². The number of thiol groups is 1. The predicted octanol–water partition coefficient (Wildman–Crippen LogP) is 2.08. The number of unbranched alkanes of at least 4 members (excludes halogenated alkanes) is 1. The van der Waals surface area contributed by atoms with Crippen LogP contribution in [0.15, 0.2) is 0 Å². The third kappa shape index (κ3) is 8.31. The summed E-state index contributed by atoms with van der Waals surface area (Å²) < 4.78 is 0. The van der Waals surface area contributed by atoms with Crippen molar-refractivity contribution in [2.45, 2.75) is 38.4 Å². The van der Waals surface area contributed by atoms with Crippen LogP contribution in [0.1, 0.15) is 33.1 Å². The fourth-order valence-electron chi connectivity index (χ4n) is 0.738. The van der Waals surface area contributed by atoms with Crippen LogP contribution in [0.5, 0.6) is 0 Å². The summed E-state index contributed by atoms with van der Waals surface area (Å²) in [7, 11) is 0. The van der Waals surface area contributed by atoms with Crippen LogP contribution in [0.2, 0.25) is 0 Å². The predicted molar refractivity (Wildman–Crippen MR) is 50.8 cm³/mol. The van der Waals surface area contributed by atoms with E-state index in [9.17, 15) is 0 Å².